The summed E-state index contributed by atoms with van der Waals surface area (Å²) in [6.07, 6.45) is -7.26. The molecular weight excluding hydrogens is 666 g/mol. The Morgan fingerprint density at radius 2 is 1.57 bits per heavy atom. The van der Waals surface area contributed by atoms with Gasteiger partial charge < -0.3 is 58.1 Å². The molecule has 4 fully saturated rings. The third-order valence-corrected chi connectivity index (χ3v) is 12.1. The molecule has 0 aromatic carbocycles. The minimum atomic E-state index is -1.94. The molecule has 0 bridgehead atoms. The van der Waals surface area contributed by atoms with Gasteiger partial charge in [0.25, 0.3) is 0 Å². The fraction of sp³-hybridized carbons (Fsp3) is 0.946. The van der Waals surface area contributed by atoms with Crippen molar-refractivity contribution < 1.29 is 62.8 Å². The molecule has 296 valence electrons. The zero-order valence-electron chi connectivity index (χ0n) is 32.9. The molecule has 4 aliphatic heterocycles. The number of epoxide rings is 1. The van der Waals surface area contributed by atoms with Crippen LogP contribution in [0.5, 0.6) is 0 Å². The summed E-state index contributed by atoms with van der Waals surface area (Å²) in [4.78, 5) is 30.0. The highest BCUT2D eigenvalue weighted by Crippen LogP contribution is 2.49. The molecule has 0 amide bonds. The van der Waals surface area contributed by atoms with Crippen molar-refractivity contribution in [1.82, 2.24) is 4.90 Å². The van der Waals surface area contributed by atoms with E-state index in [1.165, 1.54) is 14.0 Å². The summed E-state index contributed by atoms with van der Waals surface area (Å²) < 4.78 is 49.9. The normalized spacial score (nSPS) is 50.3. The number of ketones is 1. The van der Waals surface area contributed by atoms with Gasteiger partial charge in [-0.25, -0.2) is 0 Å². The van der Waals surface area contributed by atoms with E-state index in [0.717, 1.165) is 0 Å². The van der Waals surface area contributed by atoms with Gasteiger partial charge in [0.2, 0.25) is 5.79 Å². The molecule has 4 rings (SSSR count). The number of hydrogen-bond acceptors (Lipinski definition) is 14. The monoisotopic (exact) mass is 731 g/mol. The number of ether oxygens (including phenoxy) is 8. The SMILES string of the molecule is CCC1OC(=O)C(C)[C@H](OC2CC3(OC)OC3C(C)O2)C(C)[C@@H](OC2OC(C)CC(N(C)C)C2O)[C@@](C)(OC)C[C@@H](C)C(=O)[C@H](C)[C@@H](O)[C@]1(C)O. The maximum Gasteiger partial charge on any atom is 0.311 e. The van der Waals surface area contributed by atoms with Gasteiger partial charge in [-0.1, -0.05) is 27.7 Å². The lowest BCUT2D eigenvalue weighted by atomic mass is 9.74. The summed E-state index contributed by atoms with van der Waals surface area (Å²) >= 11 is 0. The first-order chi connectivity index (χ1) is 23.7. The highest BCUT2D eigenvalue weighted by atomic mass is 16.8. The molecule has 4 aliphatic rings. The van der Waals surface area contributed by atoms with Gasteiger partial charge in [-0.05, 0) is 68.0 Å². The molecule has 0 aliphatic carbocycles. The standard InChI is InChI=1S/C37H65NO13/c1-14-25-36(9,43)30(41)20(4)27(39)18(2)16-35(8,44-12)31(50-34-28(40)24(38(10)11)15-19(3)46-34)21(5)29(22(6)33(42)48-25)49-26-17-37(45-13)32(51-37)23(7)47-26/h18-26,28-32,34,40-41,43H,14-17H2,1-13H3/t18-,19?,20+,21?,22?,23?,24?,25?,26?,28?,29-,30-,31-,32?,34?,35+,36-,37?/m1/s1. The Balaban J connectivity index is 1.83. The summed E-state index contributed by atoms with van der Waals surface area (Å²) in [5, 5.41) is 34.6. The van der Waals surface area contributed by atoms with Crippen molar-refractivity contribution in [3.63, 3.8) is 0 Å². The Kier molecular flexibility index (Phi) is 13.5. The highest BCUT2D eigenvalue weighted by molar-refractivity contribution is 5.83. The molecular formula is C37H65NO13. The number of esters is 1. The van der Waals surface area contributed by atoms with Crippen molar-refractivity contribution >= 4 is 11.8 Å². The van der Waals surface area contributed by atoms with Gasteiger partial charge in [-0.2, -0.15) is 0 Å². The quantitative estimate of drug-likeness (QED) is 0.245. The first-order valence-corrected chi connectivity index (χ1v) is 18.6. The number of likely N-dealkylation sites (N-methyl/N-ethyl adjacent to an activating group) is 1. The first kappa shape index (κ1) is 42.4. The Bertz CT molecular complexity index is 1200. The number of Topliss-reactive ketones (excluding diaryl/α,β-unsaturated/α-hetero) is 1. The number of aliphatic hydroxyl groups is 3. The summed E-state index contributed by atoms with van der Waals surface area (Å²) in [6.45, 7) is 15.6. The third-order valence-electron chi connectivity index (χ3n) is 12.1. The van der Waals surface area contributed by atoms with Crippen LogP contribution in [-0.4, -0.2) is 145 Å². The smallest absolute Gasteiger partial charge is 0.311 e. The van der Waals surface area contributed by atoms with Gasteiger partial charge in [0.1, 0.15) is 29.7 Å². The van der Waals surface area contributed by atoms with Crippen LogP contribution in [0.2, 0.25) is 0 Å². The van der Waals surface area contributed by atoms with E-state index in [1.54, 1.807) is 34.8 Å². The van der Waals surface area contributed by atoms with Crippen LogP contribution in [0.3, 0.4) is 0 Å². The largest absolute Gasteiger partial charge is 0.459 e. The molecule has 14 nitrogen and oxygen atoms in total. The maximum absolute atomic E-state index is 14.1. The van der Waals surface area contributed by atoms with Gasteiger partial charge in [0.15, 0.2) is 12.6 Å². The zero-order valence-corrected chi connectivity index (χ0v) is 32.9. The number of rotatable bonds is 8. The number of carbonyl (C=O) groups excluding carboxylic acids is 2. The second kappa shape index (κ2) is 16.2. The number of methoxy groups -OCH3 is 2. The molecule has 18 atom stereocenters. The van der Waals surface area contributed by atoms with E-state index in [0.29, 0.717) is 6.42 Å². The van der Waals surface area contributed by atoms with Crippen molar-refractivity contribution in [1.29, 1.82) is 0 Å². The van der Waals surface area contributed by atoms with Crippen molar-refractivity contribution in [2.45, 2.75) is 172 Å². The molecule has 4 heterocycles. The number of aliphatic hydroxyl groups excluding tert-OH is 2. The van der Waals surface area contributed by atoms with E-state index in [-0.39, 0.29) is 49.4 Å². The second-order valence-electron chi connectivity index (χ2n) is 16.2. The predicted octanol–water partition coefficient (Wildman–Crippen LogP) is 2.42. The second-order valence-corrected chi connectivity index (χ2v) is 16.2. The Labute approximate surface area is 303 Å². The summed E-state index contributed by atoms with van der Waals surface area (Å²) in [5.74, 6) is -5.18. The van der Waals surface area contributed by atoms with Crippen molar-refractivity contribution in [3.8, 4) is 0 Å². The van der Waals surface area contributed by atoms with Crippen molar-refractivity contribution in [2.75, 3.05) is 28.3 Å². The van der Waals surface area contributed by atoms with E-state index in [9.17, 15) is 24.9 Å². The molecule has 0 spiro atoms. The van der Waals surface area contributed by atoms with Crippen LogP contribution in [0.15, 0.2) is 0 Å². The maximum atomic E-state index is 14.1. The molecule has 0 aromatic heterocycles. The average molecular weight is 732 g/mol. The zero-order chi connectivity index (χ0) is 38.4. The summed E-state index contributed by atoms with van der Waals surface area (Å²) in [6, 6.07) is -0.266. The summed E-state index contributed by atoms with van der Waals surface area (Å²) in [7, 11) is 6.87. The van der Waals surface area contributed by atoms with Gasteiger partial charge in [0, 0.05) is 38.0 Å². The van der Waals surface area contributed by atoms with Gasteiger partial charge in [-0.15, -0.1) is 0 Å². The lowest BCUT2D eigenvalue weighted by Crippen LogP contribution is -2.61. The van der Waals surface area contributed by atoms with Crippen LogP contribution in [0.25, 0.3) is 0 Å². The first-order valence-electron chi connectivity index (χ1n) is 18.6. The molecule has 0 saturated carbocycles. The number of fused-ring (bicyclic) bond motifs is 1. The van der Waals surface area contributed by atoms with E-state index >= 15 is 0 Å². The van der Waals surface area contributed by atoms with Crippen molar-refractivity contribution in [3.05, 3.63) is 0 Å². The fourth-order valence-corrected chi connectivity index (χ4v) is 8.71. The molecule has 4 saturated heterocycles. The molecule has 11 unspecified atom stereocenters. The molecule has 0 aromatic rings. The molecule has 51 heavy (non-hydrogen) atoms. The van der Waals surface area contributed by atoms with Gasteiger partial charge in [-0.3, -0.25) is 9.59 Å². The Hall–Kier alpha value is -1.30. The predicted molar refractivity (Wildman–Crippen MR) is 184 cm³/mol. The third kappa shape index (κ3) is 8.51. The highest BCUT2D eigenvalue weighted by Gasteiger charge is 2.65. The minimum Gasteiger partial charge on any atom is -0.459 e. The van der Waals surface area contributed by atoms with Gasteiger partial charge in [0.05, 0.1) is 48.5 Å². The Morgan fingerprint density at radius 1 is 0.922 bits per heavy atom. The van der Waals surface area contributed by atoms with Crippen molar-refractivity contribution in [2.24, 2.45) is 23.7 Å². The number of carbonyl (C=O) groups is 2. The van der Waals surface area contributed by atoms with E-state index in [4.69, 9.17) is 37.9 Å². The number of hydrogen-bond donors (Lipinski definition) is 3. The fourth-order valence-electron chi connectivity index (χ4n) is 8.71. The van der Waals surface area contributed by atoms with Crippen LogP contribution >= 0.6 is 0 Å². The van der Waals surface area contributed by atoms with Gasteiger partial charge >= 0.3 is 5.97 Å². The molecule has 14 heteroatoms. The molecule has 0 radical (unpaired) electrons. The Morgan fingerprint density at radius 3 is 2.14 bits per heavy atom. The number of cyclic esters (lactones) is 1. The topological polar surface area (TPSA) is 175 Å². The minimum absolute atomic E-state index is 0.133. The molecule has 3 N–H and O–H groups in total. The lowest BCUT2D eigenvalue weighted by molar-refractivity contribution is -0.309. The van der Waals surface area contributed by atoms with Crippen LogP contribution in [-0.2, 0) is 47.5 Å². The van der Waals surface area contributed by atoms with E-state index in [2.05, 4.69) is 0 Å². The number of nitrogens with zero attached hydrogens (tertiary/aromatic N) is 1. The average Bonchev–Trinajstić information content (AvgIpc) is 3.83. The van der Waals surface area contributed by atoms with Crippen LogP contribution < -0.4 is 0 Å². The van der Waals surface area contributed by atoms with E-state index < -0.39 is 89.7 Å². The van der Waals surface area contributed by atoms with Crippen LogP contribution in [0, 0.1) is 23.7 Å². The van der Waals surface area contributed by atoms with Crippen LogP contribution in [0.4, 0.5) is 0 Å². The summed E-state index contributed by atoms with van der Waals surface area (Å²) in [5.41, 5.74) is -3.17. The lowest BCUT2D eigenvalue weighted by Gasteiger charge is -2.49. The van der Waals surface area contributed by atoms with E-state index in [1.807, 2.05) is 46.7 Å². The van der Waals surface area contributed by atoms with Crippen LogP contribution in [0.1, 0.15) is 88.0 Å².